The molecular weight excluding hydrogens is 332 g/mol. The van der Waals surface area contributed by atoms with Gasteiger partial charge in [-0.25, -0.2) is 0 Å². The summed E-state index contributed by atoms with van der Waals surface area (Å²) in [5.74, 6) is 0.822. The van der Waals surface area contributed by atoms with Crippen molar-refractivity contribution in [1.82, 2.24) is 15.6 Å². The predicted molar refractivity (Wildman–Crippen MR) is 106 cm³/mol. The highest BCUT2D eigenvalue weighted by atomic mass is 35.5. The van der Waals surface area contributed by atoms with Crippen LogP contribution in [0.3, 0.4) is 0 Å². The standard InChI is InChI=1S/C20H27ClN4/c1-20(2,13-17-6-4-8-18(21)12-17)15-25-19(22-3)24-11-9-16-7-5-10-23-14-16/h4-8,10,12,14H,9,11,13,15H2,1-3H3,(H2,22,24,25). The minimum atomic E-state index is 0.0889. The zero-order chi connectivity index (χ0) is 18.1. The second-order valence-electron chi connectivity index (χ2n) is 6.93. The molecule has 0 spiro atoms. The van der Waals surface area contributed by atoms with Gasteiger partial charge in [-0.05, 0) is 47.6 Å². The highest BCUT2D eigenvalue weighted by molar-refractivity contribution is 6.30. The van der Waals surface area contributed by atoms with Gasteiger partial charge >= 0.3 is 0 Å². The largest absolute Gasteiger partial charge is 0.356 e. The highest BCUT2D eigenvalue weighted by Gasteiger charge is 2.19. The van der Waals surface area contributed by atoms with E-state index in [9.17, 15) is 0 Å². The quantitative estimate of drug-likeness (QED) is 0.586. The Morgan fingerprint density at radius 1 is 1.16 bits per heavy atom. The van der Waals surface area contributed by atoms with Crippen LogP contribution in [0.2, 0.25) is 5.02 Å². The number of pyridine rings is 1. The van der Waals surface area contributed by atoms with Crippen molar-refractivity contribution < 1.29 is 0 Å². The molecule has 0 aliphatic heterocycles. The van der Waals surface area contributed by atoms with Crippen LogP contribution in [-0.2, 0) is 12.8 Å². The number of hydrogen-bond donors (Lipinski definition) is 2. The van der Waals surface area contributed by atoms with Crippen LogP contribution in [0.25, 0.3) is 0 Å². The summed E-state index contributed by atoms with van der Waals surface area (Å²) in [4.78, 5) is 8.44. The Morgan fingerprint density at radius 2 is 1.96 bits per heavy atom. The molecule has 0 saturated heterocycles. The van der Waals surface area contributed by atoms with Crippen molar-refractivity contribution in [2.75, 3.05) is 20.1 Å². The van der Waals surface area contributed by atoms with Crippen LogP contribution < -0.4 is 10.6 Å². The van der Waals surface area contributed by atoms with Gasteiger partial charge in [0.25, 0.3) is 0 Å². The molecule has 0 unspecified atom stereocenters. The first-order valence-electron chi connectivity index (χ1n) is 8.56. The van der Waals surface area contributed by atoms with E-state index < -0.39 is 0 Å². The molecule has 5 heteroatoms. The van der Waals surface area contributed by atoms with Crippen LogP contribution in [-0.4, -0.2) is 31.1 Å². The Bertz CT molecular complexity index is 683. The van der Waals surface area contributed by atoms with E-state index in [4.69, 9.17) is 11.6 Å². The Hall–Kier alpha value is -2.07. The van der Waals surface area contributed by atoms with Crippen LogP contribution in [0.5, 0.6) is 0 Å². The van der Waals surface area contributed by atoms with Crippen molar-refractivity contribution in [3.63, 3.8) is 0 Å². The van der Waals surface area contributed by atoms with Crippen molar-refractivity contribution in [2.24, 2.45) is 10.4 Å². The molecule has 0 atom stereocenters. The number of rotatable bonds is 7. The molecule has 134 valence electrons. The second-order valence-corrected chi connectivity index (χ2v) is 7.37. The molecule has 2 N–H and O–H groups in total. The summed E-state index contributed by atoms with van der Waals surface area (Å²) in [6.07, 6.45) is 5.55. The number of aliphatic imine (C=N–C) groups is 1. The number of halogens is 1. The lowest BCUT2D eigenvalue weighted by Crippen LogP contribution is -2.43. The zero-order valence-electron chi connectivity index (χ0n) is 15.2. The van der Waals surface area contributed by atoms with Crippen LogP contribution >= 0.6 is 11.6 Å². The molecule has 0 saturated carbocycles. The molecule has 0 fully saturated rings. The van der Waals surface area contributed by atoms with Crippen LogP contribution in [0.4, 0.5) is 0 Å². The van der Waals surface area contributed by atoms with Crippen molar-refractivity contribution in [2.45, 2.75) is 26.7 Å². The molecule has 2 rings (SSSR count). The summed E-state index contributed by atoms with van der Waals surface area (Å²) in [6.45, 7) is 6.12. The monoisotopic (exact) mass is 358 g/mol. The molecule has 0 aliphatic rings. The Labute approximate surface area is 155 Å². The SMILES string of the molecule is CN=C(NCCc1cccnc1)NCC(C)(C)Cc1cccc(Cl)c1. The third kappa shape index (κ3) is 7.14. The molecular formula is C20H27ClN4. The Balaban J connectivity index is 1.78. The van der Waals surface area contributed by atoms with Crippen molar-refractivity contribution >= 4 is 17.6 Å². The minimum Gasteiger partial charge on any atom is -0.356 e. The zero-order valence-corrected chi connectivity index (χ0v) is 16.0. The molecule has 0 aliphatic carbocycles. The van der Waals surface area contributed by atoms with E-state index in [0.717, 1.165) is 36.9 Å². The molecule has 2 aromatic rings. The average Bonchev–Trinajstić information content (AvgIpc) is 2.58. The number of aromatic nitrogens is 1. The molecule has 1 aromatic heterocycles. The third-order valence-corrected chi connectivity index (χ3v) is 4.19. The molecule has 0 bridgehead atoms. The van der Waals surface area contributed by atoms with E-state index in [1.54, 1.807) is 13.2 Å². The normalized spacial score (nSPS) is 12.1. The summed E-state index contributed by atoms with van der Waals surface area (Å²) in [7, 11) is 1.80. The maximum absolute atomic E-state index is 6.08. The number of nitrogens with zero attached hydrogens (tertiary/aromatic N) is 2. The summed E-state index contributed by atoms with van der Waals surface area (Å²) in [5.41, 5.74) is 2.55. The first kappa shape index (κ1) is 19.3. The molecule has 0 radical (unpaired) electrons. The number of guanidine groups is 1. The number of hydrogen-bond acceptors (Lipinski definition) is 2. The van der Waals surface area contributed by atoms with Gasteiger partial charge in [0.2, 0.25) is 0 Å². The van der Waals surface area contributed by atoms with Crippen LogP contribution in [0.1, 0.15) is 25.0 Å². The maximum atomic E-state index is 6.08. The third-order valence-electron chi connectivity index (χ3n) is 3.96. The fourth-order valence-electron chi connectivity index (χ4n) is 2.68. The van der Waals surface area contributed by atoms with E-state index in [1.807, 2.05) is 30.5 Å². The molecule has 25 heavy (non-hydrogen) atoms. The van der Waals surface area contributed by atoms with Crippen molar-refractivity contribution in [3.05, 3.63) is 64.9 Å². The van der Waals surface area contributed by atoms with Gasteiger partial charge in [-0.1, -0.05) is 43.6 Å². The lowest BCUT2D eigenvalue weighted by Gasteiger charge is -2.26. The van der Waals surface area contributed by atoms with Crippen LogP contribution in [0, 0.1) is 5.41 Å². The average molecular weight is 359 g/mol. The summed E-state index contributed by atoms with van der Waals surface area (Å²) < 4.78 is 0. The van der Waals surface area contributed by atoms with Crippen LogP contribution in [0.15, 0.2) is 53.8 Å². The van der Waals surface area contributed by atoms with E-state index >= 15 is 0 Å². The van der Waals surface area contributed by atoms with Gasteiger partial charge in [-0.2, -0.15) is 0 Å². The summed E-state index contributed by atoms with van der Waals surface area (Å²) in [5, 5.41) is 7.56. The minimum absolute atomic E-state index is 0.0889. The van der Waals surface area contributed by atoms with E-state index in [1.165, 1.54) is 11.1 Å². The van der Waals surface area contributed by atoms with Gasteiger partial charge in [0.05, 0.1) is 0 Å². The van der Waals surface area contributed by atoms with Crippen molar-refractivity contribution in [3.8, 4) is 0 Å². The number of nitrogens with one attached hydrogen (secondary N) is 2. The molecule has 1 aromatic carbocycles. The van der Waals surface area contributed by atoms with Gasteiger partial charge in [0.1, 0.15) is 0 Å². The number of benzene rings is 1. The Kier molecular flexibility index (Phi) is 7.26. The summed E-state index contributed by atoms with van der Waals surface area (Å²) >= 11 is 6.08. The van der Waals surface area contributed by atoms with Gasteiger partial charge in [-0.15, -0.1) is 0 Å². The van der Waals surface area contributed by atoms with Gasteiger partial charge in [-0.3, -0.25) is 9.98 Å². The fraction of sp³-hybridized carbons (Fsp3) is 0.400. The summed E-state index contributed by atoms with van der Waals surface area (Å²) in [6, 6.07) is 12.1. The first-order valence-corrected chi connectivity index (χ1v) is 8.94. The molecule has 1 heterocycles. The van der Waals surface area contributed by atoms with E-state index in [2.05, 4.69) is 46.6 Å². The van der Waals surface area contributed by atoms with Gasteiger partial charge < -0.3 is 10.6 Å². The molecule has 0 amide bonds. The predicted octanol–water partition coefficient (Wildman–Crippen LogP) is 3.71. The van der Waals surface area contributed by atoms with Gasteiger partial charge in [0, 0.05) is 37.6 Å². The maximum Gasteiger partial charge on any atom is 0.191 e. The highest BCUT2D eigenvalue weighted by Crippen LogP contribution is 2.22. The second kappa shape index (κ2) is 9.42. The fourth-order valence-corrected chi connectivity index (χ4v) is 2.89. The lowest BCUT2D eigenvalue weighted by atomic mass is 9.86. The lowest BCUT2D eigenvalue weighted by molar-refractivity contribution is 0.359. The van der Waals surface area contributed by atoms with Gasteiger partial charge in [0.15, 0.2) is 5.96 Å². The van der Waals surface area contributed by atoms with E-state index in [0.29, 0.717) is 0 Å². The first-order chi connectivity index (χ1) is 12.0. The van der Waals surface area contributed by atoms with E-state index in [-0.39, 0.29) is 5.41 Å². The smallest absolute Gasteiger partial charge is 0.191 e. The Morgan fingerprint density at radius 3 is 2.64 bits per heavy atom. The topological polar surface area (TPSA) is 49.3 Å². The molecule has 4 nitrogen and oxygen atoms in total. The van der Waals surface area contributed by atoms with Crippen molar-refractivity contribution in [1.29, 1.82) is 0 Å².